The summed E-state index contributed by atoms with van der Waals surface area (Å²) in [6.45, 7) is 0.604. The Labute approximate surface area is 80.0 Å². The Bertz CT molecular complexity index is 431. The molecule has 0 aliphatic carbocycles. The summed E-state index contributed by atoms with van der Waals surface area (Å²) in [5.41, 5.74) is 1.24. The lowest BCUT2D eigenvalue weighted by molar-refractivity contribution is 0.0697. The molecule has 2 aromatic rings. The first-order chi connectivity index (χ1) is 6.75. The molecule has 0 spiro atoms. The van der Waals surface area contributed by atoms with E-state index in [1.54, 1.807) is 29.2 Å². The topological polar surface area (TPSA) is 70.9 Å². The Morgan fingerprint density at radius 2 is 2.43 bits per heavy atom. The number of nitrogens with one attached hydrogen (secondary N) is 1. The molecule has 5 heteroatoms. The highest BCUT2D eigenvalue weighted by molar-refractivity contribution is 5.87. The molecule has 72 valence electrons. The number of aromatic nitrogens is 3. The lowest BCUT2D eigenvalue weighted by Crippen LogP contribution is -1.98. The molecule has 2 heterocycles. The summed E-state index contributed by atoms with van der Waals surface area (Å²) < 4.78 is 1.79. The van der Waals surface area contributed by atoms with E-state index in [1.807, 2.05) is 6.07 Å². The van der Waals surface area contributed by atoms with E-state index >= 15 is 0 Å². The number of hydrogen-bond donors (Lipinski definition) is 2. The third-order valence-electron chi connectivity index (χ3n) is 1.91. The van der Waals surface area contributed by atoms with Crippen molar-refractivity contribution in [2.24, 2.45) is 0 Å². The fraction of sp³-hybridized carbons (Fsp3) is 0.111. The van der Waals surface area contributed by atoms with E-state index in [1.165, 1.54) is 0 Å². The molecule has 2 aromatic heterocycles. The van der Waals surface area contributed by atoms with Gasteiger partial charge < -0.3 is 9.67 Å². The van der Waals surface area contributed by atoms with Crippen LogP contribution in [0.3, 0.4) is 0 Å². The van der Waals surface area contributed by atoms with Crippen LogP contribution in [0, 0.1) is 0 Å². The Balaban J connectivity index is 2.14. The van der Waals surface area contributed by atoms with Crippen LogP contribution in [-0.4, -0.2) is 25.8 Å². The van der Waals surface area contributed by atoms with E-state index in [2.05, 4.69) is 10.2 Å². The number of rotatable bonds is 3. The molecule has 0 fully saturated rings. The van der Waals surface area contributed by atoms with Gasteiger partial charge in [0.1, 0.15) is 0 Å². The van der Waals surface area contributed by atoms with Crippen molar-refractivity contribution in [1.82, 2.24) is 14.8 Å². The van der Waals surface area contributed by atoms with Crippen molar-refractivity contribution in [3.63, 3.8) is 0 Å². The minimum Gasteiger partial charge on any atom is -0.478 e. The minimum absolute atomic E-state index is 0.296. The quantitative estimate of drug-likeness (QED) is 0.759. The first-order valence-electron chi connectivity index (χ1n) is 4.13. The van der Waals surface area contributed by atoms with Crippen LogP contribution in [0.15, 0.2) is 30.7 Å². The van der Waals surface area contributed by atoms with Gasteiger partial charge in [-0.1, -0.05) is 0 Å². The van der Waals surface area contributed by atoms with Crippen LogP contribution in [0.4, 0.5) is 0 Å². The average Bonchev–Trinajstić information content (AvgIpc) is 2.75. The molecule has 0 radical (unpaired) electrons. The lowest BCUT2D eigenvalue weighted by Gasteiger charge is -1.98. The van der Waals surface area contributed by atoms with Crippen LogP contribution in [0.5, 0.6) is 0 Å². The smallest absolute Gasteiger partial charge is 0.337 e. The molecule has 0 saturated heterocycles. The van der Waals surface area contributed by atoms with Crippen LogP contribution >= 0.6 is 0 Å². The first kappa shape index (κ1) is 8.55. The third kappa shape index (κ3) is 1.66. The monoisotopic (exact) mass is 191 g/mol. The van der Waals surface area contributed by atoms with Gasteiger partial charge in [0.25, 0.3) is 0 Å². The van der Waals surface area contributed by atoms with E-state index in [0.717, 1.165) is 5.69 Å². The summed E-state index contributed by atoms with van der Waals surface area (Å²) in [6.07, 6.45) is 4.98. The highest BCUT2D eigenvalue weighted by Crippen LogP contribution is 2.03. The van der Waals surface area contributed by atoms with E-state index in [-0.39, 0.29) is 0 Å². The van der Waals surface area contributed by atoms with Gasteiger partial charge >= 0.3 is 5.97 Å². The number of H-pyrrole nitrogens is 1. The molecule has 0 aromatic carbocycles. The summed E-state index contributed by atoms with van der Waals surface area (Å²) in [5, 5.41) is 15.3. The lowest BCUT2D eigenvalue weighted by atomic mass is 10.3. The second-order valence-electron chi connectivity index (χ2n) is 2.96. The average molecular weight is 191 g/mol. The highest BCUT2D eigenvalue weighted by Gasteiger charge is 2.04. The second-order valence-corrected chi connectivity index (χ2v) is 2.96. The zero-order valence-corrected chi connectivity index (χ0v) is 7.34. The largest absolute Gasteiger partial charge is 0.478 e. The number of hydrogen-bond acceptors (Lipinski definition) is 2. The molecule has 0 aliphatic rings. The van der Waals surface area contributed by atoms with Gasteiger partial charge in [-0.2, -0.15) is 5.10 Å². The van der Waals surface area contributed by atoms with E-state index < -0.39 is 5.97 Å². The molecule has 14 heavy (non-hydrogen) atoms. The fourth-order valence-corrected chi connectivity index (χ4v) is 1.24. The number of carbonyl (C=O) groups is 1. The van der Waals surface area contributed by atoms with Crippen molar-refractivity contribution < 1.29 is 9.90 Å². The molecule has 5 nitrogen and oxygen atoms in total. The van der Waals surface area contributed by atoms with Crippen LogP contribution in [0.25, 0.3) is 0 Å². The standard InChI is InChI=1S/C9H9N3O2/c13-9(14)7-2-4-12(5-7)6-8-1-3-10-11-8/h1-5H,6H2,(H,10,11)(H,13,14). The Morgan fingerprint density at radius 1 is 1.57 bits per heavy atom. The van der Waals surface area contributed by atoms with Crippen molar-refractivity contribution >= 4 is 5.97 Å². The second kappa shape index (κ2) is 3.37. The zero-order chi connectivity index (χ0) is 9.97. The van der Waals surface area contributed by atoms with E-state index in [0.29, 0.717) is 12.1 Å². The first-order valence-corrected chi connectivity index (χ1v) is 4.13. The maximum absolute atomic E-state index is 10.6. The van der Waals surface area contributed by atoms with Gasteiger partial charge in [0.2, 0.25) is 0 Å². The number of aromatic carboxylic acids is 1. The molecule has 0 bridgehead atoms. The highest BCUT2D eigenvalue weighted by atomic mass is 16.4. The normalized spacial score (nSPS) is 10.3. The summed E-state index contributed by atoms with van der Waals surface area (Å²) in [6, 6.07) is 3.42. The maximum atomic E-state index is 10.6. The minimum atomic E-state index is -0.909. The van der Waals surface area contributed by atoms with Crippen molar-refractivity contribution in [1.29, 1.82) is 0 Å². The number of carboxylic acids is 1. The van der Waals surface area contributed by atoms with E-state index in [9.17, 15) is 4.79 Å². The van der Waals surface area contributed by atoms with Gasteiger partial charge in [0, 0.05) is 18.6 Å². The Hall–Kier alpha value is -2.04. The number of aromatic amines is 1. The fourth-order valence-electron chi connectivity index (χ4n) is 1.24. The van der Waals surface area contributed by atoms with Gasteiger partial charge in [-0.05, 0) is 12.1 Å². The Morgan fingerprint density at radius 3 is 3.00 bits per heavy atom. The van der Waals surface area contributed by atoms with Crippen LogP contribution < -0.4 is 0 Å². The molecule has 0 aliphatic heterocycles. The molecular formula is C9H9N3O2. The van der Waals surface area contributed by atoms with Crippen molar-refractivity contribution in [2.45, 2.75) is 6.54 Å². The van der Waals surface area contributed by atoms with Gasteiger partial charge in [-0.25, -0.2) is 4.79 Å². The van der Waals surface area contributed by atoms with Crippen molar-refractivity contribution in [3.05, 3.63) is 42.0 Å². The summed E-state index contributed by atoms with van der Waals surface area (Å²) in [4.78, 5) is 10.6. The van der Waals surface area contributed by atoms with Crippen molar-refractivity contribution in [2.75, 3.05) is 0 Å². The van der Waals surface area contributed by atoms with Gasteiger partial charge in [-0.3, -0.25) is 5.10 Å². The third-order valence-corrected chi connectivity index (χ3v) is 1.91. The summed E-state index contributed by atoms with van der Waals surface area (Å²) >= 11 is 0. The molecular weight excluding hydrogens is 182 g/mol. The molecule has 0 saturated carbocycles. The molecule has 2 N–H and O–H groups in total. The van der Waals surface area contributed by atoms with Gasteiger partial charge in [0.15, 0.2) is 0 Å². The van der Waals surface area contributed by atoms with E-state index in [4.69, 9.17) is 5.11 Å². The maximum Gasteiger partial charge on any atom is 0.337 e. The summed E-state index contributed by atoms with van der Waals surface area (Å²) in [5.74, 6) is -0.909. The van der Waals surface area contributed by atoms with Crippen LogP contribution in [0.1, 0.15) is 16.1 Å². The predicted octanol–water partition coefficient (Wildman–Crippen LogP) is 0.958. The Kier molecular flexibility index (Phi) is 2.06. The van der Waals surface area contributed by atoms with Crippen LogP contribution in [0.2, 0.25) is 0 Å². The predicted molar refractivity (Wildman–Crippen MR) is 49.1 cm³/mol. The molecule has 0 amide bonds. The molecule has 0 unspecified atom stereocenters. The van der Waals surface area contributed by atoms with Crippen molar-refractivity contribution in [3.8, 4) is 0 Å². The summed E-state index contributed by atoms with van der Waals surface area (Å²) in [7, 11) is 0. The van der Waals surface area contributed by atoms with Gasteiger partial charge in [0.05, 0.1) is 17.8 Å². The van der Waals surface area contributed by atoms with Crippen LogP contribution in [-0.2, 0) is 6.54 Å². The van der Waals surface area contributed by atoms with Gasteiger partial charge in [-0.15, -0.1) is 0 Å². The zero-order valence-electron chi connectivity index (χ0n) is 7.34. The molecule has 2 rings (SSSR count). The SMILES string of the molecule is O=C(O)c1ccn(Cc2ccn[nH]2)c1. The molecule has 0 atom stereocenters. The number of carboxylic acid groups (broad SMARTS) is 1. The number of nitrogens with zero attached hydrogens (tertiary/aromatic N) is 2.